The smallest absolute Gasteiger partial charge is 0.435 e. The molecule has 0 saturated carbocycles. The summed E-state index contributed by atoms with van der Waals surface area (Å²) in [6.45, 7) is 3.73. The van der Waals surface area contributed by atoms with Crippen molar-refractivity contribution in [3.63, 3.8) is 0 Å². The monoisotopic (exact) mass is 613 g/mol. The summed E-state index contributed by atoms with van der Waals surface area (Å²) in [6, 6.07) is 4.92. The second-order valence-electron chi connectivity index (χ2n) is 10.9. The Bertz CT molecular complexity index is 1720. The summed E-state index contributed by atoms with van der Waals surface area (Å²) in [6.07, 6.45) is 1.33. The summed E-state index contributed by atoms with van der Waals surface area (Å²) in [5.41, 5.74) is -1.09. The van der Waals surface area contributed by atoms with Gasteiger partial charge in [0.2, 0.25) is 5.65 Å². The van der Waals surface area contributed by atoms with Gasteiger partial charge in [0.25, 0.3) is 17.7 Å². The van der Waals surface area contributed by atoms with Crippen molar-refractivity contribution in [3.05, 3.63) is 59.8 Å². The second-order valence-corrected chi connectivity index (χ2v) is 10.9. The van der Waals surface area contributed by atoms with Crippen molar-refractivity contribution in [2.45, 2.75) is 31.5 Å². The molecule has 44 heavy (non-hydrogen) atoms. The highest BCUT2D eigenvalue weighted by Crippen LogP contribution is 2.37. The van der Waals surface area contributed by atoms with Crippen LogP contribution in [0.1, 0.15) is 34.5 Å². The number of aliphatic hydroxyl groups is 1. The van der Waals surface area contributed by atoms with Crippen LogP contribution in [0.5, 0.6) is 11.6 Å². The summed E-state index contributed by atoms with van der Waals surface area (Å²) in [7, 11) is 1.41. The topological polar surface area (TPSA) is 127 Å². The van der Waals surface area contributed by atoms with Gasteiger partial charge < -0.3 is 24.4 Å². The van der Waals surface area contributed by atoms with E-state index in [2.05, 4.69) is 15.1 Å². The lowest BCUT2D eigenvalue weighted by molar-refractivity contribution is -0.162. The SMILES string of the molecule is Cc1cc(Oc2nccn3c(-c4cn(C)nc4C(F)(F)F)cnc23)ccc1C(=O)N1CCN(C(=O)C2(O)CCOCC2)CC1. The number of halogens is 3. The molecule has 12 nitrogen and oxygen atoms in total. The summed E-state index contributed by atoms with van der Waals surface area (Å²) in [5.74, 6) is -0.0793. The Kier molecular flexibility index (Phi) is 7.53. The molecule has 15 heteroatoms. The standard InChI is InChI=1S/C29H30F3N7O5/c1-18-15-19(3-4-20(18)26(40)37-9-11-38(12-10-37)27(41)28(42)5-13-43-14-6-28)44-25-24-34-16-22(39(24)8-7-33-25)21-17-36(2)35-23(21)29(30,31)32/h3-4,7-8,15-17,42H,5-6,9-14H2,1-2H3. The van der Waals surface area contributed by atoms with E-state index in [1.165, 1.54) is 36.2 Å². The Morgan fingerprint density at radius 2 is 1.77 bits per heavy atom. The van der Waals surface area contributed by atoms with Crippen molar-refractivity contribution >= 4 is 17.5 Å². The molecular formula is C29H30F3N7O5. The fourth-order valence-electron chi connectivity index (χ4n) is 5.60. The van der Waals surface area contributed by atoms with Gasteiger partial charge in [-0.05, 0) is 30.7 Å². The van der Waals surface area contributed by atoms with Gasteiger partial charge in [-0.1, -0.05) is 0 Å². The molecule has 2 amide bonds. The highest BCUT2D eigenvalue weighted by Gasteiger charge is 2.42. The Morgan fingerprint density at radius 1 is 1.07 bits per heavy atom. The number of nitrogens with zero attached hydrogens (tertiary/aromatic N) is 7. The van der Waals surface area contributed by atoms with Crippen LogP contribution >= 0.6 is 0 Å². The number of piperazine rings is 1. The number of benzene rings is 1. The van der Waals surface area contributed by atoms with Crippen molar-refractivity contribution in [2.75, 3.05) is 39.4 Å². The quantitative estimate of drug-likeness (QED) is 0.364. The van der Waals surface area contributed by atoms with Gasteiger partial charge in [-0.2, -0.15) is 18.3 Å². The first-order valence-corrected chi connectivity index (χ1v) is 14.1. The number of ether oxygens (including phenoxy) is 2. The average molecular weight is 614 g/mol. The lowest BCUT2D eigenvalue weighted by atomic mass is 9.92. The second kappa shape index (κ2) is 11.2. The zero-order valence-electron chi connectivity index (χ0n) is 24.0. The number of aryl methyl sites for hydroxylation is 2. The molecular weight excluding hydrogens is 583 g/mol. The van der Waals surface area contributed by atoms with Crippen LogP contribution in [0.2, 0.25) is 0 Å². The fourth-order valence-corrected chi connectivity index (χ4v) is 5.60. The first kappa shape index (κ1) is 29.6. The Balaban J connectivity index is 1.16. The van der Waals surface area contributed by atoms with E-state index in [1.54, 1.807) is 34.9 Å². The number of carbonyl (C=O) groups is 2. The molecule has 2 fully saturated rings. The van der Waals surface area contributed by atoms with Gasteiger partial charge in [0.05, 0.1) is 17.5 Å². The van der Waals surface area contributed by atoms with Crippen LogP contribution in [-0.2, 0) is 22.8 Å². The number of carbonyl (C=O) groups excluding carboxylic acids is 2. The molecule has 4 aromatic rings. The van der Waals surface area contributed by atoms with E-state index < -0.39 is 17.5 Å². The van der Waals surface area contributed by atoms with Gasteiger partial charge in [-0.15, -0.1) is 0 Å². The number of hydrogen-bond acceptors (Lipinski definition) is 8. The molecule has 1 N–H and O–H groups in total. The normalized spacial score (nSPS) is 17.2. The molecule has 232 valence electrons. The maximum atomic E-state index is 13.6. The van der Waals surface area contributed by atoms with Gasteiger partial charge in [-0.3, -0.25) is 18.7 Å². The first-order valence-electron chi connectivity index (χ1n) is 14.1. The number of imidazole rings is 1. The molecule has 6 rings (SSSR count). The minimum Gasteiger partial charge on any atom is -0.436 e. The first-order chi connectivity index (χ1) is 20.9. The third-order valence-corrected chi connectivity index (χ3v) is 7.98. The predicted octanol–water partition coefficient (Wildman–Crippen LogP) is 3.08. The van der Waals surface area contributed by atoms with Crippen LogP contribution in [0.3, 0.4) is 0 Å². The Morgan fingerprint density at radius 3 is 2.45 bits per heavy atom. The van der Waals surface area contributed by atoms with Gasteiger partial charge in [0.15, 0.2) is 5.69 Å². The maximum absolute atomic E-state index is 13.6. The van der Waals surface area contributed by atoms with Crippen molar-refractivity contribution in [1.29, 1.82) is 0 Å². The molecule has 1 aromatic carbocycles. The molecule has 0 unspecified atom stereocenters. The third-order valence-electron chi connectivity index (χ3n) is 7.98. The molecule has 0 radical (unpaired) electrons. The predicted molar refractivity (Wildman–Crippen MR) is 149 cm³/mol. The molecule has 0 atom stereocenters. The zero-order chi connectivity index (χ0) is 31.2. The average Bonchev–Trinajstić information content (AvgIpc) is 3.61. The third kappa shape index (κ3) is 5.48. The number of fused-ring (bicyclic) bond motifs is 1. The number of rotatable bonds is 5. The largest absolute Gasteiger partial charge is 0.436 e. The zero-order valence-corrected chi connectivity index (χ0v) is 24.0. The highest BCUT2D eigenvalue weighted by molar-refractivity contribution is 5.96. The summed E-state index contributed by atoms with van der Waals surface area (Å²) < 4.78 is 54.6. The minimum absolute atomic E-state index is 0.0710. The molecule has 0 bridgehead atoms. The van der Waals surface area contributed by atoms with Gasteiger partial charge >= 0.3 is 6.18 Å². The van der Waals surface area contributed by atoms with E-state index in [1.807, 2.05) is 0 Å². The summed E-state index contributed by atoms with van der Waals surface area (Å²) in [4.78, 5) is 38.0. The van der Waals surface area contributed by atoms with E-state index >= 15 is 0 Å². The molecule has 2 aliphatic heterocycles. The maximum Gasteiger partial charge on any atom is 0.435 e. The van der Waals surface area contributed by atoms with Crippen LogP contribution < -0.4 is 4.74 Å². The molecule has 2 aliphatic rings. The summed E-state index contributed by atoms with van der Waals surface area (Å²) >= 11 is 0. The number of aromatic nitrogens is 5. The Labute approximate surface area is 249 Å². The van der Waals surface area contributed by atoms with E-state index in [0.29, 0.717) is 56.3 Å². The fraction of sp³-hybridized carbons (Fsp3) is 0.414. The Hall–Kier alpha value is -4.50. The summed E-state index contributed by atoms with van der Waals surface area (Å²) in [5, 5.41) is 14.3. The molecule has 0 spiro atoms. The van der Waals surface area contributed by atoms with Crippen LogP contribution in [0.25, 0.3) is 16.9 Å². The van der Waals surface area contributed by atoms with Crippen molar-refractivity contribution < 1.29 is 37.3 Å². The van der Waals surface area contributed by atoms with Gasteiger partial charge in [0, 0.05) is 83.4 Å². The van der Waals surface area contributed by atoms with E-state index in [4.69, 9.17) is 9.47 Å². The number of alkyl halides is 3. The number of amides is 2. The van der Waals surface area contributed by atoms with Gasteiger partial charge in [-0.25, -0.2) is 9.97 Å². The number of hydrogen-bond donors (Lipinski definition) is 1. The van der Waals surface area contributed by atoms with E-state index in [-0.39, 0.29) is 47.4 Å². The lowest BCUT2D eigenvalue weighted by Crippen LogP contribution is -2.58. The minimum atomic E-state index is -4.65. The van der Waals surface area contributed by atoms with Crippen LogP contribution in [0, 0.1) is 6.92 Å². The van der Waals surface area contributed by atoms with Crippen LogP contribution in [0.15, 0.2) is 43.0 Å². The van der Waals surface area contributed by atoms with Crippen molar-refractivity contribution in [1.82, 2.24) is 33.9 Å². The molecule has 2 saturated heterocycles. The van der Waals surface area contributed by atoms with Crippen LogP contribution in [-0.4, -0.2) is 95.9 Å². The van der Waals surface area contributed by atoms with E-state index in [0.717, 1.165) is 4.68 Å². The molecule has 5 heterocycles. The van der Waals surface area contributed by atoms with E-state index in [9.17, 15) is 27.9 Å². The highest BCUT2D eigenvalue weighted by atomic mass is 19.4. The van der Waals surface area contributed by atoms with Crippen LogP contribution in [0.4, 0.5) is 13.2 Å². The molecule has 0 aliphatic carbocycles. The van der Waals surface area contributed by atoms with Crippen molar-refractivity contribution in [3.8, 4) is 22.9 Å². The van der Waals surface area contributed by atoms with Crippen molar-refractivity contribution in [2.24, 2.45) is 7.05 Å². The molecule has 3 aromatic heterocycles. The lowest BCUT2D eigenvalue weighted by Gasteiger charge is -2.40. The van der Waals surface area contributed by atoms with Gasteiger partial charge in [0.1, 0.15) is 11.4 Å².